The van der Waals surface area contributed by atoms with Crippen molar-refractivity contribution in [2.75, 3.05) is 58.3 Å². The number of guanidine groups is 1. The molecule has 29 heavy (non-hydrogen) atoms. The third kappa shape index (κ3) is 8.90. The van der Waals surface area contributed by atoms with Crippen LogP contribution >= 0.6 is 24.0 Å². The summed E-state index contributed by atoms with van der Waals surface area (Å²) in [6.45, 7) is 12.7. The molecule has 1 aliphatic rings. The van der Waals surface area contributed by atoms with Crippen LogP contribution in [-0.2, 0) is 6.54 Å². The lowest BCUT2D eigenvalue weighted by Gasteiger charge is -2.34. The highest BCUT2D eigenvalue weighted by atomic mass is 127. The fourth-order valence-electron chi connectivity index (χ4n) is 3.41. The molecule has 0 unspecified atom stereocenters. The molecule has 1 saturated heterocycles. The molecule has 0 amide bonds. The van der Waals surface area contributed by atoms with Gasteiger partial charge in [-0.25, -0.2) is 9.98 Å². The van der Waals surface area contributed by atoms with Gasteiger partial charge in [0.05, 0.1) is 6.54 Å². The van der Waals surface area contributed by atoms with Gasteiger partial charge in [0, 0.05) is 58.1 Å². The molecule has 2 rings (SSSR count). The molecular weight excluding hydrogens is 475 g/mol. The first kappa shape index (κ1) is 25.7. The summed E-state index contributed by atoms with van der Waals surface area (Å²) in [6.07, 6.45) is 8.62. The molecule has 0 bridgehead atoms. The number of likely N-dealkylation sites (N-methyl/N-ethyl adjacent to an activating group) is 1. The Labute approximate surface area is 194 Å². The summed E-state index contributed by atoms with van der Waals surface area (Å²) in [4.78, 5) is 16.6. The minimum Gasteiger partial charge on any atom is -0.357 e. The summed E-state index contributed by atoms with van der Waals surface area (Å²) in [5.74, 6) is 2.06. The molecule has 164 valence electrons. The molecule has 1 N–H and O–H groups in total. The molecular formula is C22H39IN6. The number of aliphatic imine (C=N–C) groups is 1. The standard InChI is InChI=1S/C22H38N6.HI/c1-5-7-8-9-10-14-27(4)22(23-6-2)25-19-20-12-11-13-24-21(20)28-17-15-26(3)16-18-28;/h5,11-13H,1,6-10,14-19H2,2-4H3,(H,23,25);1H. The first-order valence-electron chi connectivity index (χ1n) is 10.6. The van der Waals surface area contributed by atoms with Crippen molar-refractivity contribution in [3.05, 3.63) is 36.5 Å². The van der Waals surface area contributed by atoms with E-state index in [0.29, 0.717) is 6.54 Å². The number of unbranched alkanes of at least 4 members (excludes halogenated alkanes) is 3. The van der Waals surface area contributed by atoms with E-state index in [1.54, 1.807) is 0 Å². The molecule has 6 nitrogen and oxygen atoms in total. The van der Waals surface area contributed by atoms with E-state index in [1.807, 2.05) is 18.3 Å². The van der Waals surface area contributed by atoms with Crippen LogP contribution < -0.4 is 10.2 Å². The molecule has 0 atom stereocenters. The van der Waals surface area contributed by atoms with Gasteiger partial charge in [0.1, 0.15) is 5.82 Å². The maximum atomic E-state index is 4.91. The van der Waals surface area contributed by atoms with Crippen LogP contribution in [0.15, 0.2) is 36.0 Å². The number of hydrogen-bond acceptors (Lipinski definition) is 4. The van der Waals surface area contributed by atoms with Crippen molar-refractivity contribution in [1.29, 1.82) is 0 Å². The molecule has 0 aliphatic carbocycles. The molecule has 1 fully saturated rings. The number of anilines is 1. The predicted octanol–water partition coefficient (Wildman–Crippen LogP) is 3.60. The third-order valence-electron chi connectivity index (χ3n) is 5.17. The number of nitrogens with one attached hydrogen (secondary N) is 1. The highest BCUT2D eigenvalue weighted by molar-refractivity contribution is 14.0. The van der Waals surface area contributed by atoms with Crippen LogP contribution in [0.1, 0.15) is 38.2 Å². The Kier molecular flexibility index (Phi) is 12.9. The van der Waals surface area contributed by atoms with Crippen LogP contribution in [0.4, 0.5) is 5.82 Å². The molecule has 7 heteroatoms. The monoisotopic (exact) mass is 514 g/mol. The summed E-state index contributed by atoms with van der Waals surface area (Å²) < 4.78 is 0. The number of hydrogen-bond donors (Lipinski definition) is 1. The van der Waals surface area contributed by atoms with Crippen molar-refractivity contribution in [3.63, 3.8) is 0 Å². The zero-order valence-corrected chi connectivity index (χ0v) is 20.8. The van der Waals surface area contributed by atoms with Gasteiger partial charge >= 0.3 is 0 Å². The van der Waals surface area contributed by atoms with Gasteiger partial charge in [-0.15, -0.1) is 30.6 Å². The van der Waals surface area contributed by atoms with Gasteiger partial charge in [-0.1, -0.05) is 18.6 Å². The fourth-order valence-corrected chi connectivity index (χ4v) is 3.41. The quantitative estimate of drug-likeness (QED) is 0.170. The lowest BCUT2D eigenvalue weighted by atomic mass is 10.2. The fraction of sp³-hybridized carbons (Fsp3) is 0.636. The Morgan fingerprint density at radius 3 is 2.72 bits per heavy atom. The van der Waals surface area contributed by atoms with Gasteiger partial charge in [-0.05, 0) is 39.3 Å². The van der Waals surface area contributed by atoms with Gasteiger partial charge in [0.25, 0.3) is 0 Å². The molecule has 1 aliphatic heterocycles. The Morgan fingerprint density at radius 2 is 2.03 bits per heavy atom. The maximum absolute atomic E-state index is 4.91. The molecule has 1 aromatic rings. The average Bonchev–Trinajstić information content (AvgIpc) is 2.71. The van der Waals surface area contributed by atoms with E-state index in [4.69, 9.17) is 4.99 Å². The van der Waals surface area contributed by atoms with Crippen LogP contribution in [0.25, 0.3) is 0 Å². The highest BCUT2D eigenvalue weighted by Gasteiger charge is 2.18. The molecule has 0 saturated carbocycles. The Hall–Kier alpha value is -1.35. The molecule has 0 radical (unpaired) electrons. The number of rotatable bonds is 10. The minimum atomic E-state index is 0. The van der Waals surface area contributed by atoms with Gasteiger partial charge in [0.2, 0.25) is 0 Å². The van der Waals surface area contributed by atoms with Crippen molar-refractivity contribution < 1.29 is 0 Å². The van der Waals surface area contributed by atoms with Crippen LogP contribution in [0.5, 0.6) is 0 Å². The van der Waals surface area contributed by atoms with E-state index in [0.717, 1.165) is 57.5 Å². The molecule has 0 aromatic carbocycles. The van der Waals surface area contributed by atoms with Crippen molar-refractivity contribution >= 4 is 35.8 Å². The van der Waals surface area contributed by atoms with Crippen molar-refractivity contribution in [2.24, 2.45) is 4.99 Å². The minimum absolute atomic E-state index is 0. The second-order valence-electron chi connectivity index (χ2n) is 7.51. The third-order valence-corrected chi connectivity index (χ3v) is 5.17. The first-order chi connectivity index (χ1) is 13.7. The number of allylic oxidation sites excluding steroid dienone is 1. The van der Waals surface area contributed by atoms with E-state index in [-0.39, 0.29) is 24.0 Å². The van der Waals surface area contributed by atoms with E-state index < -0.39 is 0 Å². The number of pyridine rings is 1. The summed E-state index contributed by atoms with van der Waals surface area (Å²) in [6, 6.07) is 4.17. The Morgan fingerprint density at radius 1 is 1.28 bits per heavy atom. The van der Waals surface area contributed by atoms with E-state index in [2.05, 4.69) is 58.7 Å². The van der Waals surface area contributed by atoms with Gasteiger partial charge in [0.15, 0.2) is 5.96 Å². The van der Waals surface area contributed by atoms with Crippen LogP contribution in [0.2, 0.25) is 0 Å². The maximum Gasteiger partial charge on any atom is 0.193 e. The summed E-state index contributed by atoms with van der Waals surface area (Å²) in [5.41, 5.74) is 1.20. The largest absolute Gasteiger partial charge is 0.357 e. The van der Waals surface area contributed by atoms with Crippen molar-refractivity contribution in [1.82, 2.24) is 20.1 Å². The van der Waals surface area contributed by atoms with Gasteiger partial charge in [-0.2, -0.15) is 0 Å². The van der Waals surface area contributed by atoms with Crippen molar-refractivity contribution in [3.8, 4) is 0 Å². The lowest BCUT2D eigenvalue weighted by molar-refractivity contribution is 0.312. The van der Waals surface area contributed by atoms with Crippen LogP contribution in [0.3, 0.4) is 0 Å². The Bertz CT molecular complexity index is 613. The second-order valence-corrected chi connectivity index (χ2v) is 7.51. The lowest BCUT2D eigenvalue weighted by Crippen LogP contribution is -2.45. The predicted molar refractivity (Wildman–Crippen MR) is 135 cm³/mol. The van der Waals surface area contributed by atoms with Crippen LogP contribution in [0, 0.1) is 0 Å². The first-order valence-corrected chi connectivity index (χ1v) is 10.6. The number of piperazine rings is 1. The normalized spacial score (nSPS) is 15.0. The SMILES string of the molecule is C=CCCCCCN(C)C(=NCc1cccnc1N1CCN(C)CC1)NCC.I. The summed E-state index contributed by atoms with van der Waals surface area (Å²) in [7, 11) is 4.30. The molecule has 2 heterocycles. The number of nitrogens with zero attached hydrogens (tertiary/aromatic N) is 5. The van der Waals surface area contributed by atoms with Gasteiger partial charge in [-0.3, -0.25) is 0 Å². The van der Waals surface area contributed by atoms with Crippen LogP contribution in [-0.4, -0.2) is 74.1 Å². The highest BCUT2D eigenvalue weighted by Crippen LogP contribution is 2.19. The summed E-state index contributed by atoms with van der Waals surface area (Å²) >= 11 is 0. The van der Waals surface area contributed by atoms with Gasteiger partial charge < -0.3 is 20.0 Å². The topological polar surface area (TPSA) is 47.0 Å². The zero-order chi connectivity index (χ0) is 20.2. The number of halogens is 1. The summed E-state index contributed by atoms with van der Waals surface area (Å²) in [5, 5.41) is 3.43. The van der Waals surface area contributed by atoms with E-state index >= 15 is 0 Å². The average molecular weight is 515 g/mol. The Balaban J connectivity index is 0.00000420. The zero-order valence-electron chi connectivity index (χ0n) is 18.4. The van der Waals surface area contributed by atoms with Crippen molar-refractivity contribution in [2.45, 2.75) is 39.2 Å². The molecule has 0 spiro atoms. The second kappa shape index (κ2) is 14.6. The number of aromatic nitrogens is 1. The van der Waals surface area contributed by atoms with E-state index in [1.165, 1.54) is 24.8 Å². The van der Waals surface area contributed by atoms with E-state index in [9.17, 15) is 0 Å². The molecule has 1 aromatic heterocycles. The smallest absolute Gasteiger partial charge is 0.193 e.